The zero-order chi connectivity index (χ0) is 16.9. The first-order chi connectivity index (χ1) is 11.4. The minimum atomic E-state index is 0.143. The van der Waals surface area contributed by atoms with E-state index in [4.69, 9.17) is 0 Å². The molecule has 0 bridgehead atoms. The van der Waals surface area contributed by atoms with Crippen LogP contribution in [0.1, 0.15) is 52.4 Å². The van der Waals surface area contributed by atoms with Crippen molar-refractivity contribution >= 4 is 5.78 Å². The van der Waals surface area contributed by atoms with Crippen molar-refractivity contribution in [2.45, 2.75) is 52.4 Å². The van der Waals surface area contributed by atoms with Crippen LogP contribution in [0, 0.1) is 57.7 Å². The molecule has 126 valence electrons. The normalized spacial score (nSPS) is 54.8. The molecule has 0 saturated heterocycles. The van der Waals surface area contributed by atoms with Crippen LogP contribution in [0.5, 0.6) is 0 Å². The van der Waals surface area contributed by atoms with Crippen molar-refractivity contribution in [3.8, 4) is 6.07 Å². The molecule has 5 rings (SSSR count). The topological polar surface area (TPSA) is 40.9 Å². The van der Waals surface area contributed by atoms with Crippen LogP contribution >= 0.6 is 0 Å². The summed E-state index contributed by atoms with van der Waals surface area (Å²) in [4.78, 5) is 12.0. The highest BCUT2D eigenvalue weighted by molar-refractivity contribution is 5.92. The van der Waals surface area contributed by atoms with Crippen LogP contribution in [-0.2, 0) is 4.79 Å². The summed E-state index contributed by atoms with van der Waals surface area (Å²) in [5, 5.41) is 9.77. The zero-order valence-corrected chi connectivity index (χ0v) is 14.8. The van der Waals surface area contributed by atoms with E-state index in [0.717, 1.165) is 18.8 Å². The van der Waals surface area contributed by atoms with Crippen LogP contribution in [-0.4, -0.2) is 5.78 Å². The van der Waals surface area contributed by atoms with Gasteiger partial charge in [-0.2, -0.15) is 5.26 Å². The van der Waals surface area contributed by atoms with Crippen molar-refractivity contribution in [3.63, 3.8) is 0 Å². The molecule has 0 spiro atoms. The lowest BCUT2D eigenvalue weighted by molar-refractivity contribution is -0.117. The highest BCUT2D eigenvalue weighted by Crippen LogP contribution is 2.75. The van der Waals surface area contributed by atoms with Crippen molar-refractivity contribution in [2.75, 3.05) is 0 Å². The Balaban J connectivity index is 1.58. The lowest BCUT2D eigenvalue weighted by Gasteiger charge is -2.58. The molecule has 0 amide bonds. The van der Waals surface area contributed by atoms with Crippen LogP contribution in [0.25, 0.3) is 0 Å². The van der Waals surface area contributed by atoms with Crippen LogP contribution in [0.3, 0.4) is 0 Å². The van der Waals surface area contributed by atoms with E-state index in [-0.39, 0.29) is 22.5 Å². The maximum atomic E-state index is 12.0. The molecule has 5 aliphatic carbocycles. The average molecular weight is 321 g/mol. The summed E-state index contributed by atoms with van der Waals surface area (Å²) in [7, 11) is 0. The summed E-state index contributed by atoms with van der Waals surface area (Å²) in [6, 6.07) is 2.69. The highest BCUT2D eigenvalue weighted by atomic mass is 16.1. The Hall–Kier alpha value is -1.36. The van der Waals surface area contributed by atoms with E-state index < -0.39 is 0 Å². The van der Waals surface area contributed by atoms with Gasteiger partial charge >= 0.3 is 0 Å². The second-order valence-corrected chi connectivity index (χ2v) is 9.76. The quantitative estimate of drug-likeness (QED) is 0.650. The third-order valence-corrected chi connectivity index (χ3v) is 8.86. The van der Waals surface area contributed by atoms with Gasteiger partial charge in [-0.15, -0.1) is 0 Å². The minimum Gasteiger partial charge on any atom is -0.295 e. The molecule has 24 heavy (non-hydrogen) atoms. The molecule has 0 radical (unpaired) electrons. The molecular weight excluding hydrogens is 294 g/mol. The fraction of sp³-hybridized carbons (Fsp3) is 0.727. The molecule has 0 aromatic rings. The summed E-state index contributed by atoms with van der Waals surface area (Å²) in [5.41, 5.74) is 2.86. The molecule has 0 aliphatic heterocycles. The second kappa shape index (κ2) is 4.43. The SMILES string of the molecule is C=C1CC2C(CC[C@@]3(C)C2C2CC2[C@@H]3C#N)[C@@]2(C)CCC(=O)C=C12. The van der Waals surface area contributed by atoms with E-state index in [1.54, 1.807) is 0 Å². The zero-order valence-electron chi connectivity index (χ0n) is 14.8. The van der Waals surface area contributed by atoms with Gasteiger partial charge < -0.3 is 0 Å². The maximum absolute atomic E-state index is 12.0. The van der Waals surface area contributed by atoms with Gasteiger partial charge in [-0.25, -0.2) is 0 Å². The van der Waals surface area contributed by atoms with Gasteiger partial charge in [0, 0.05) is 6.42 Å². The molecule has 0 heterocycles. The van der Waals surface area contributed by atoms with Crippen molar-refractivity contribution in [1.82, 2.24) is 0 Å². The van der Waals surface area contributed by atoms with Gasteiger partial charge in [0.05, 0.1) is 12.0 Å². The van der Waals surface area contributed by atoms with E-state index >= 15 is 0 Å². The molecule has 0 N–H and O–H groups in total. The molecule has 0 aromatic heterocycles. The number of nitriles is 1. The molecule has 5 unspecified atom stereocenters. The maximum Gasteiger partial charge on any atom is 0.156 e. The average Bonchev–Trinajstić information content (AvgIpc) is 3.24. The predicted molar refractivity (Wildman–Crippen MR) is 92.7 cm³/mol. The van der Waals surface area contributed by atoms with Gasteiger partial charge in [-0.3, -0.25) is 4.79 Å². The number of nitrogens with zero attached hydrogens (tertiary/aromatic N) is 1. The van der Waals surface area contributed by atoms with E-state index in [1.165, 1.54) is 30.4 Å². The van der Waals surface area contributed by atoms with Crippen molar-refractivity contribution in [2.24, 2.45) is 46.3 Å². The largest absolute Gasteiger partial charge is 0.295 e. The van der Waals surface area contributed by atoms with Crippen molar-refractivity contribution in [3.05, 3.63) is 23.8 Å². The van der Waals surface area contributed by atoms with Gasteiger partial charge in [0.25, 0.3) is 0 Å². The number of hydrogen-bond donors (Lipinski definition) is 0. The third-order valence-electron chi connectivity index (χ3n) is 8.86. The van der Waals surface area contributed by atoms with Gasteiger partial charge in [-0.1, -0.05) is 26.0 Å². The summed E-state index contributed by atoms with van der Waals surface area (Å²) >= 11 is 0. The number of hydrogen-bond acceptors (Lipinski definition) is 2. The van der Waals surface area contributed by atoms with Gasteiger partial charge in [0.1, 0.15) is 0 Å². The second-order valence-electron chi connectivity index (χ2n) is 9.76. The predicted octanol–water partition coefficient (Wildman–Crippen LogP) is 4.68. The molecule has 0 aromatic carbocycles. The van der Waals surface area contributed by atoms with Gasteiger partial charge in [-0.05, 0) is 84.2 Å². The number of carbonyl (C=O) groups excluding carboxylic acids is 1. The molecule has 2 nitrogen and oxygen atoms in total. The Kier molecular flexibility index (Phi) is 2.75. The Morgan fingerprint density at radius 3 is 2.79 bits per heavy atom. The Bertz CT molecular complexity index is 727. The summed E-state index contributed by atoms with van der Waals surface area (Å²) < 4.78 is 0. The molecule has 4 saturated carbocycles. The molecule has 2 heteroatoms. The van der Waals surface area contributed by atoms with Gasteiger partial charge in [0.15, 0.2) is 5.78 Å². The number of fused-ring (bicyclic) bond motifs is 7. The lowest BCUT2D eigenvalue weighted by Crippen LogP contribution is -2.52. The summed E-state index contributed by atoms with van der Waals surface area (Å²) in [6.07, 6.45) is 8.38. The standard InChI is InChI=1S/C22H27NO/c1-12-8-16-17(21(2)6-4-13(24)9-18(12)21)5-7-22(3)19(11-23)14-10-15(14)20(16)22/h9,14-17,19-20H,1,4-8,10H2,2-3H3/t14?,15?,16?,17?,19-,20?,21+,22+/m0/s1. The Morgan fingerprint density at radius 2 is 2.04 bits per heavy atom. The van der Waals surface area contributed by atoms with E-state index in [1.807, 2.05) is 6.08 Å². The third kappa shape index (κ3) is 1.60. The van der Waals surface area contributed by atoms with Crippen LogP contribution in [0.15, 0.2) is 23.8 Å². The first kappa shape index (κ1) is 14.9. The number of allylic oxidation sites excluding steroid dienone is 2. The smallest absolute Gasteiger partial charge is 0.156 e. The monoisotopic (exact) mass is 321 g/mol. The van der Waals surface area contributed by atoms with Crippen molar-refractivity contribution in [1.29, 1.82) is 5.26 Å². The van der Waals surface area contributed by atoms with Gasteiger partial charge in [0.2, 0.25) is 0 Å². The van der Waals surface area contributed by atoms with E-state index in [9.17, 15) is 10.1 Å². The van der Waals surface area contributed by atoms with Crippen LogP contribution < -0.4 is 0 Å². The number of carbonyl (C=O) groups is 1. The molecule has 8 atom stereocenters. The fourth-order valence-corrected chi connectivity index (χ4v) is 7.78. The molecule has 4 fully saturated rings. The minimum absolute atomic E-state index is 0.143. The first-order valence-electron chi connectivity index (χ1n) is 9.73. The van der Waals surface area contributed by atoms with E-state index in [0.29, 0.717) is 30.1 Å². The first-order valence-corrected chi connectivity index (χ1v) is 9.73. The molecular formula is C22H27NO. The van der Waals surface area contributed by atoms with Crippen LogP contribution in [0.4, 0.5) is 0 Å². The van der Waals surface area contributed by atoms with Crippen molar-refractivity contribution < 1.29 is 4.79 Å². The lowest BCUT2D eigenvalue weighted by atomic mass is 9.45. The summed E-state index contributed by atoms with van der Waals surface area (Å²) in [6.45, 7) is 9.21. The summed E-state index contributed by atoms with van der Waals surface area (Å²) in [5.74, 6) is 4.10. The number of rotatable bonds is 0. The molecule has 5 aliphatic rings. The number of ketones is 1. The Morgan fingerprint density at radius 1 is 1.25 bits per heavy atom. The Labute approximate surface area is 145 Å². The van der Waals surface area contributed by atoms with Crippen LogP contribution in [0.2, 0.25) is 0 Å². The highest BCUT2D eigenvalue weighted by Gasteiger charge is 2.70. The van der Waals surface area contributed by atoms with E-state index in [2.05, 4.69) is 26.5 Å². The fourth-order valence-electron chi connectivity index (χ4n) is 7.78.